The summed E-state index contributed by atoms with van der Waals surface area (Å²) in [5.41, 5.74) is 6.62. The van der Waals surface area contributed by atoms with E-state index in [9.17, 15) is 0 Å². The van der Waals surface area contributed by atoms with Crippen molar-refractivity contribution < 1.29 is 0 Å². The summed E-state index contributed by atoms with van der Waals surface area (Å²) in [7, 11) is 0. The molecule has 1 nitrogen and oxygen atoms in total. The topological polar surface area (TPSA) is 3.24 Å². The zero-order valence-corrected chi connectivity index (χ0v) is 13.9. The number of rotatable bonds is 5. The van der Waals surface area contributed by atoms with E-state index in [1.54, 1.807) is 0 Å². The fraction of sp³-hybridized carbons (Fsp3) is 0.182. The highest BCUT2D eigenvalue weighted by molar-refractivity contribution is 5.49. The lowest BCUT2D eigenvalue weighted by Gasteiger charge is -2.26. The quantitative estimate of drug-likeness (QED) is 0.600. The second-order valence-corrected chi connectivity index (χ2v) is 6.10. The summed E-state index contributed by atoms with van der Waals surface area (Å²) in [5.74, 6) is 0. The molecule has 0 radical (unpaired) electrons. The minimum atomic E-state index is 0.915. The van der Waals surface area contributed by atoms with Crippen LogP contribution >= 0.6 is 0 Å². The van der Waals surface area contributed by atoms with Crippen molar-refractivity contribution in [3.63, 3.8) is 0 Å². The van der Waals surface area contributed by atoms with Gasteiger partial charge in [-0.2, -0.15) is 0 Å². The van der Waals surface area contributed by atoms with Crippen LogP contribution in [0.25, 0.3) is 0 Å². The summed E-state index contributed by atoms with van der Waals surface area (Å²) in [4.78, 5) is 2.44. The van der Waals surface area contributed by atoms with Crippen LogP contribution in [0.5, 0.6) is 0 Å². The highest BCUT2D eigenvalue weighted by atomic mass is 15.1. The predicted octanol–water partition coefficient (Wildman–Crippen LogP) is 5.51. The lowest BCUT2D eigenvalue weighted by molar-refractivity contribution is 0.796. The minimum absolute atomic E-state index is 0.915. The maximum absolute atomic E-state index is 2.44. The molecule has 0 spiro atoms. The van der Waals surface area contributed by atoms with Gasteiger partial charge in [0.25, 0.3) is 0 Å². The molecule has 0 unspecified atom stereocenters. The third kappa shape index (κ3) is 4.01. The van der Waals surface area contributed by atoms with Gasteiger partial charge in [-0.15, -0.1) is 0 Å². The normalized spacial score (nSPS) is 10.5. The van der Waals surface area contributed by atoms with E-state index < -0.39 is 0 Å². The van der Waals surface area contributed by atoms with Crippen molar-refractivity contribution in [1.82, 2.24) is 0 Å². The van der Waals surface area contributed by atoms with Crippen LogP contribution in [-0.2, 0) is 13.1 Å². The molecule has 0 amide bonds. The number of hydrogen-bond donors (Lipinski definition) is 0. The molecule has 116 valence electrons. The molecule has 0 heterocycles. The molecule has 0 saturated carbocycles. The Morgan fingerprint density at radius 3 is 2.00 bits per heavy atom. The van der Waals surface area contributed by atoms with Crippen molar-refractivity contribution in [3.05, 3.63) is 101 Å². The summed E-state index contributed by atoms with van der Waals surface area (Å²) >= 11 is 0. The van der Waals surface area contributed by atoms with Gasteiger partial charge in [0, 0.05) is 18.8 Å². The molecule has 1 heteroatoms. The number of aryl methyl sites for hydroxylation is 2. The number of benzene rings is 3. The van der Waals surface area contributed by atoms with E-state index in [-0.39, 0.29) is 0 Å². The van der Waals surface area contributed by atoms with E-state index >= 15 is 0 Å². The van der Waals surface area contributed by atoms with Crippen molar-refractivity contribution >= 4 is 5.69 Å². The largest absolute Gasteiger partial charge is 0.363 e. The van der Waals surface area contributed by atoms with Gasteiger partial charge in [0.05, 0.1) is 0 Å². The summed E-state index contributed by atoms with van der Waals surface area (Å²) < 4.78 is 0. The molecule has 0 aromatic heterocycles. The van der Waals surface area contributed by atoms with E-state index in [1.165, 1.54) is 27.9 Å². The first-order valence-corrected chi connectivity index (χ1v) is 8.12. The third-order valence-electron chi connectivity index (χ3n) is 4.24. The Balaban J connectivity index is 1.89. The summed E-state index contributed by atoms with van der Waals surface area (Å²) in [6, 6.07) is 28.1. The molecule has 0 atom stereocenters. The maximum atomic E-state index is 2.44. The zero-order valence-electron chi connectivity index (χ0n) is 13.9. The highest BCUT2D eigenvalue weighted by Crippen LogP contribution is 2.22. The summed E-state index contributed by atoms with van der Waals surface area (Å²) in [6.07, 6.45) is 0. The van der Waals surface area contributed by atoms with Gasteiger partial charge in [0.2, 0.25) is 0 Å². The Bertz CT molecular complexity index is 744. The van der Waals surface area contributed by atoms with E-state index in [1.807, 2.05) is 0 Å². The molecule has 3 aromatic rings. The van der Waals surface area contributed by atoms with Gasteiger partial charge in [-0.25, -0.2) is 0 Å². The molecule has 0 bridgehead atoms. The lowest BCUT2D eigenvalue weighted by atomic mass is 10.1. The van der Waals surface area contributed by atoms with Gasteiger partial charge in [-0.1, -0.05) is 72.3 Å². The molecule has 23 heavy (non-hydrogen) atoms. The number of anilines is 1. The molecular formula is C22H23N. The van der Waals surface area contributed by atoms with E-state index in [0.29, 0.717) is 0 Å². The zero-order chi connectivity index (χ0) is 16.1. The molecule has 0 aliphatic carbocycles. The number of hydrogen-bond acceptors (Lipinski definition) is 1. The third-order valence-corrected chi connectivity index (χ3v) is 4.24. The van der Waals surface area contributed by atoms with Gasteiger partial charge in [-0.05, 0) is 42.7 Å². The Labute approximate surface area is 139 Å². The Morgan fingerprint density at radius 2 is 1.30 bits per heavy atom. The highest BCUT2D eigenvalue weighted by Gasteiger charge is 2.09. The lowest BCUT2D eigenvalue weighted by Crippen LogP contribution is -2.22. The van der Waals surface area contributed by atoms with E-state index in [2.05, 4.69) is 97.6 Å². The van der Waals surface area contributed by atoms with Gasteiger partial charge in [0.1, 0.15) is 0 Å². The first-order valence-electron chi connectivity index (χ1n) is 8.12. The first-order chi connectivity index (χ1) is 11.2. The first kappa shape index (κ1) is 15.4. The fourth-order valence-corrected chi connectivity index (χ4v) is 2.79. The molecule has 3 aromatic carbocycles. The molecule has 0 fully saturated rings. The van der Waals surface area contributed by atoms with Crippen molar-refractivity contribution in [3.8, 4) is 0 Å². The molecule has 0 aliphatic heterocycles. The Kier molecular flexibility index (Phi) is 4.77. The van der Waals surface area contributed by atoms with E-state index in [0.717, 1.165) is 13.1 Å². The standard InChI is InChI=1S/C22H23N/c1-18-12-14-22(15-13-18)23(16-20-9-4-3-5-10-20)17-21-11-7-6-8-19(21)2/h3-15H,16-17H2,1-2H3. The van der Waals surface area contributed by atoms with Crippen LogP contribution in [0.3, 0.4) is 0 Å². The second kappa shape index (κ2) is 7.15. The summed E-state index contributed by atoms with van der Waals surface area (Å²) in [6.45, 7) is 6.15. The van der Waals surface area contributed by atoms with Crippen LogP contribution < -0.4 is 4.90 Å². The average molecular weight is 301 g/mol. The van der Waals surface area contributed by atoms with Crippen molar-refractivity contribution in [2.45, 2.75) is 26.9 Å². The van der Waals surface area contributed by atoms with Crippen LogP contribution in [0.1, 0.15) is 22.3 Å². The SMILES string of the molecule is Cc1ccc(N(Cc2ccccc2)Cc2ccccc2C)cc1. The van der Waals surface area contributed by atoms with Gasteiger partial charge >= 0.3 is 0 Å². The van der Waals surface area contributed by atoms with E-state index in [4.69, 9.17) is 0 Å². The Morgan fingerprint density at radius 1 is 0.652 bits per heavy atom. The van der Waals surface area contributed by atoms with Crippen molar-refractivity contribution in [2.24, 2.45) is 0 Å². The summed E-state index contributed by atoms with van der Waals surface area (Å²) in [5, 5.41) is 0. The van der Waals surface area contributed by atoms with Crippen molar-refractivity contribution in [2.75, 3.05) is 4.90 Å². The molecule has 0 saturated heterocycles. The van der Waals surface area contributed by atoms with Crippen LogP contribution in [0.4, 0.5) is 5.69 Å². The van der Waals surface area contributed by atoms with Crippen LogP contribution in [0.15, 0.2) is 78.9 Å². The molecule has 0 N–H and O–H groups in total. The molecule has 0 aliphatic rings. The van der Waals surface area contributed by atoms with Crippen molar-refractivity contribution in [1.29, 1.82) is 0 Å². The second-order valence-electron chi connectivity index (χ2n) is 6.10. The molecule has 3 rings (SSSR count). The molecular weight excluding hydrogens is 278 g/mol. The Hall–Kier alpha value is -2.54. The van der Waals surface area contributed by atoms with Crippen LogP contribution in [0.2, 0.25) is 0 Å². The number of nitrogens with zero attached hydrogens (tertiary/aromatic N) is 1. The van der Waals surface area contributed by atoms with Gasteiger partial charge < -0.3 is 4.90 Å². The maximum Gasteiger partial charge on any atom is 0.0435 e. The smallest absolute Gasteiger partial charge is 0.0435 e. The van der Waals surface area contributed by atoms with Crippen LogP contribution in [-0.4, -0.2) is 0 Å². The van der Waals surface area contributed by atoms with Gasteiger partial charge in [-0.3, -0.25) is 0 Å². The monoisotopic (exact) mass is 301 g/mol. The van der Waals surface area contributed by atoms with Crippen LogP contribution in [0, 0.1) is 13.8 Å². The minimum Gasteiger partial charge on any atom is -0.363 e. The fourth-order valence-electron chi connectivity index (χ4n) is 2.79. The average Bonchev–Trinajstić information content (AvgIpc) is 2.58. The predicted molar refractivity (Wildman–Crippen MR) is 98.7 cm³/mol. The van der Waals surface area contributed by atoms with Gasteiger partial charge in [0.15, 0.2) is 0 Å².